The fourth-order valence-corrected chi connectivity index (χ4v) is 4.62. The first kappa shape index (κ1) is 21.6. The van der Waals surface area contributed by atoms with Crippen molar-refractivity contribution in [3.05, 3.63) is 34.3 Å². The van der Waals surface area contributed by atoms with Gasteiger partial charge in [-0.3, -0.25) is 4.79 Å². The average molecular weight is 463 g/mol. The molecule has 1 fully saturated rings. The number of benzene rings is 1. The van der Waals surface area contributed by atoms with Crippen molar-refractivity contribution in [3.8, 4) is 0 Å². The molecule has 1 aromatic carbocycles. The van der Waals surface area contributed by atoms with Gasteiger partial charge < -0.3 is 14.7 Å². The van der Waals surface area contributed by atoms with Crippen LogP contribution in [0.2, 0.25) is 0 Å². The quantitative estimate of drug-likeness (QED) is 0.735. The van der Waals surface area contributed by atoms with Crippen molar-refractivity contribution in [2.24, 2.45) is 0 Å². The van der Waals surface area contributed by atoms with Gasteiger partial charge in [-0.25, -0.2) is 13.2 Å². The summed E-state index contributed by atoms with van der Waals surface area (Å²) in [6, 6.07) is 5.41. The maximum absolute atomic E-state index is 12.8. The van der Waals surface area contributed by atoms with E-state index in [4.69, 9.17) is 4.74 Å². The van der Waals surface area contributed by atoms with Crippen LogP contribution in [0.15, 0.2) is 28.7 Å². The van der Waals surface area contributed by atoms with Crippen molar-refractivity contribution < 1.29 is 27.9 Å². The van der Waals surface area contributed by atoms with E-state index < -0.39 is 33.7 Å². The van der Waals surface area contributed by atoms with Crippen LogP contribution in [-0.4, -0.2) is 66.1 Å². The van der Waals surface area contributed by atoms with Crippen molar-refractivity contribution in [2.75, 3.05) is 19.6 Å². The van der Waals surface area contributed by atoms with Gasteiger partial charge in [0.15, 0.2) is 0 Å². The lowest BCUT2D eigenvalue weighted by atomic mass is 10.2. The SMILES string of the molecule is CC(C)(C)OC(=O)N1CCN(S(=O)(=O)Cc2ccc(Br)cc2)[C@@H](C(=O)O)C1. The van der Waals surface area contributed by atoms with E-state index in [1.54, 1.807) is 45.0 Å². The van der Waals surface area contributed by atoms with Gasteiger partial charge in [0.25, 0.3) is 0 Å². The Labute approximate surface area is 167 Å². The summed E-state index contributed by atoms with van der Waals surface area (Å²) in [4.78, 5) is 25.1. The van der Waals surface area contributed by atoms with E-state index in [0.717, 1.165) is 8.78 Å². The minimum atomic E-state index is -3.87. The molecule has 1 aliphatic rings. The zero-order chi connectivity index (χ0) is 20.4. The molecular formula is C17H23BrN2O6S. The zero-order valence-electron chi connectivity index (χ0n) is 15.4. The Morgan fingerprint density at radius 3 is 2.33 bits per heavy atom. The van der Waals surface area contributed by atoms with Crippen molar-refractivity contribution in [3.63, 3.8) is 0 Å². The molecule has 10 heteroatoms. The molecule has 1 heterocycles. The summed E-state index contributed by atoms with van der Waals surface area (Å²) in [5.41, 5.74) is -0.169. The maximum Gasteiger partial charge on any atom is 0.410 e. The number of nitrogens with zero attached hydrogens (tertiary/aromatic N) is 2. The van der Waals surface area contributed by atoms with Gasteiger partial charge in [0.1, 0.15) is 11.6 Å². The van der Waals surface area contributed by atoms with Crippen LogP contribution in [0.4, 0.5) is 4.79 Å². The third-order valence-corrected chi connectivity index (χ3v) is 6.27. The van der Waals surface area contributed by atoms with Crippen molar-refractivity contribution in [1.29, 1.82) is 0 Å². The molecule has 0 bridgehead atoms. The first-order valence-corrected chi connectivity index (χ1v) is 10.7. The zero-order valence-corrected chi connectivity index (χ0v) is 17.8. The summed E-state index contributed by atoms with van der Waals surface area (Å²) < 4.78 is 32.6. The second-order valence-corrected chi connectivity index (χ2v) is 10.1. The Hall–Kier alpha value is -1.65. The van der Waals surface area contributed by atoms with Crippen LogP contribution in [0.1, 0.15) is 26.3 Å². The molecule has 1 aliphatic heterocycles. The lowest BCUT2D eigenvalue weighted by Gasteiger charge is -2.38. The van der Waals surface area contributed by atoms with E-state index in [9.17, 15) is 23.1 Å². The molecule has 1 aromatic rings. The number of ether oxygens (including phenoxy) is 1. The predicted molar refractivity (Wildman–Crippen MR) is 103 cm³/mol. The number of sulfonamides is 1. The topological polar surface area (TPSA) is 104 Å². The van der Waals surface area contributed by atoms with Crippen LogP contribution in [0, 0.1) is 0 Å². The number of carboxylic acids is 1. The van der Waals surface area contributed by atoms with Crippen LogP contribution >= 0.6 is 15.9 Å². The third-order valence-electron chi connectivity index (χ3n) is 3.89. The monoisotopic (exact) mass is 462 g/mol. The smallest absolute Gasteiger partial charge is 0.410 e. The summed E-state index contributed by atoms with van der Waals surface area (Å²) >= 11 is 3.28. The fourth-order valence-electron chi connectivity index (χ4n) is 2.67. The van der Waals surface area contributed by atoms with Gasteiger partial charge in [0, 0.05) is 17.6 Å². The van der Waals surface area contributed by atoms with Gasteiger partial charge in [-0.05, 0) is 38.5 Å². The van der Waals surface area contributed by atoms with E-state index >= 15 is 0 Å². The van der Waals surface area contributed by atoms with E-state index in [2.05, 4.69) is 15.9 Å². The average Bonchev–Trinajstić information content (AvgIpc) is 2.54. The van der Waals surface area contributed by atoms with E-state index in [1.165, 1.54) is 4.90 Å². The number of amides is 1. The maximum atomic E-state index is 12.8. The Balaban J connectivity index is 2.16. The second kappa shape index (κ2) is 8.15. The molecule has 1 saturated heterocycles. The first-order valence-electron chi connectivity index (χ1n) is 8.34. The molecule has 1 N–H and O–H groups in total. The number of carbonyl (C=O) groups is 2. The van der Waals surface area contributed by atoms with Crippen LogP contribution < -0.4 is 0 Å². The normalized spacial score (nSPS) is 19.0. The summed E-state index contributed by atoms with van der Waals surface area (Å²) in [5, 5.41) is 9.52. The van der Waals surface area contributed by atoms with Crippen LogP contribution in [0.3, 0.4) is 0 Å². The molecule has 0 radical (unpaired) electrons. The minimum absolute atomic E-state index is 0.0677. The number of carboxylic acid groups (broad SMARTS) is 1. The van der Waals surface area contributed by atoms with Crippen LogP contribution in [0.25, 0.3) is 0 Å². The van der Waals surface area contributed by atoms with Gasteiger partial charge in [-0.15, -0.1) is 0 Å². The molecule has 27 heavy (non-hydrogen) atoms. The lowest BCUT2D eigenvalue weighted by molar-refractivity contribution is -0.143. The van der Waals surface area contributed by atoms with Gasteiger partial charge in [-0.1, -0.05) is 28.1 Å². The van der Waals surface area contributed by atoms with E-state index in [1.807, 2.05) is 0 Å². The lowest BCUT2D eigenvalue weighted by Crippen LogP contribution is -2.59. The second-order valence-electron chi connectivity index (χ2n) is 7.27. The molecule has 0 saturated carbocycles. The summed E-state index contributed by atoms with van der Waals surface area (Å²) in [6.07, 6.45) is -0.654. The highest BCUT2D eigenvalue weighted by atomic mass is 79.9. The van der Waals surface area contributed by atoms with Gasteiger partial charge in [0.2, 0.25) is 10.0 Å². The first-order chi connectivity index (χ1) is 12.4. The number of hydrogen-bond acceptors (Lipinski definition) is 5. The van der Waals surface area contributed by atoms with Crippen LogP contribution in [0.5, 0.6) is 0 Å². The number of rotatable bonds is 4. The number of hydrogen-bond donors (Lipinski definition) is 1. The molecular weight excluding hydrogens is 440 g/mol. The Morgan fingerprint density at radius 1 is 1.22 bits per heavy atom. The largest absolute Gasteiger partial charge is 0.480 e. The highest BCUT2D eigenvalue weighted by Crippen LogP contribution is 2.21. The highest BCUT2D eigenvalue weighted by molar-refractivity contribution is 9.10. The summed E-state index contributed by atoms with van der Waals surface area (Å²) in [5.74, 6) is -1.61. The predicted octanol–water partition coefficient (Wildman–Crippen LogP) is 2.28. The molecule has 150 valence electrons. The fraction of sp³-hybridized carbons (Fsp3) is 0.529. The van der Waals surface area contributed by atoms with E-state index in [0.29, 0.717) is 5.56 Å². The number of piperazine rings is 1. The number of halogens is 1. The van der Waals surface area contributed by atoms with Gasteiger partial charge >= 0.3 is 12.1 Å². The molecule has 0 unspecified atom stereocenters. The number of aliphatic carboxylic acids is 1. The van der Waals surface area contributed by atoms with E-state index in [-0.39, 0.29) is 25.4 Å². The standard InChI is InChI=1S/C17H23BrN2O6S/c1-17(2,3)26-16(23)19-8-9-20(14(10-19)15(21)22)27(24,25)11-12-4-6-13(18)7-5-12/h4-7,14H,8-11H2,1-3H3,(H,21,22)/t14-/m1/s1. The molecule has 2 rings (SSSR count). The molecule has 1 atom stereocenters. The summed E-state index contributed by atoms with van der Waals surface area (Å²) in [7, 11) is -3.87. The molecule has 8 nitrogen and oxygen atoms in total. The Bertz CT molecular complexity index is 804. The highest BCUT2D eigenvalue weighted by Gasteiger charge is 2.41. The van der Waals surface area contributed by atoms with Crippen molar-refractivity contribution in [2.45, 2.75) is 38.2 Å². The minimum Gasteiger partial charge on any atom is -0.480 e. The number of carbonyl (C=O) groups excluding carboxylic acids is 1. The molecule has 0 aromatic heterocycles. The van der Waals surface area contributed by atoms with Crippen molar-refractivity contribution >= 4 is 38.0 Å². The van der Waals surface area contributed by atoms with Gasteiger partial charge in [0.05, 0.1) is 12.3 Å². The van der Waals surface area contributed by atoms with Crippen molar-refractivity contribution in [1.82, 2.24) is 9.21 Å². The molecule has 0 aliphatic carbocycles. The molecule has 0 spiro atoms. The summed E-state index contributed by atoms with van der Waals surface area (Å²) in [6.45, 7) is 4.83. The Kier molecular flexibility index (Phi) is 6.54. The Morgan fingerprint density at radius 2 is 1.81 bits per heavy atom. The van der Waals surface area contributed by atoms with Crippen LogP contribution in [-0.2, 0) is 25.3 Å². The van der Waals surface area contributed by atoms with Gasteiger partial charge in [-0.2, -0.15) is 4.31 Å². The molecule has 1 amide bonds. The third kappa shape index (κ3) is 5.91.